The first-order chi connectivity index (χ1) is 15.4. The highest BCUT2D eigenvalue weighted by Gasteiger charge is 2.25. The quantitative estimate of drug-likeness (QED) is 0.350. The average molecular weight is 472 g/mol. The highest BCUT2D eigenvalue weighted by atomic mass is 32.2. The molecule has 7 heteroatoms. The van der Waals surface area contributed by atoms with Crippen molar-refractivity contribution in [2.75, 3.05) is 13.6 Å². The first kappa shape index (κ1) is 23.3. The Hall–Kier alpha value is -1.83. The summed E-state index contributed by atoms with van der Waals surface area (Å²) in [5.74, 6) is 0.850. The lowest BCUT2D eigenvalue weighted by molar-refractivity contribution is 0.459. The van der Waals surface area contributed by atoms with E-state index in [9.17, 15) is 8.42 Å². The van der Waals surface area contributed by atoms with E-state index in [1.54, 1.807) is 30.9 Å². The summed E-state index contributed by atoms with van der Waals surface area (Å²) < 4.78 is 29.9. The minimum Gasteiger partial charge on any atom is -0.316 e. The molecule has 4 rings (SSSR count). The van der Waals surface area contributed by atoms with Crippen LogP contribution < -0.4 is 0 Å². The zero-order valence-electron chi connectivity index (χ0n) is 19.3. The van der Waals surface area contributed by atoms with Gasteiger partial charge in [0.25, 0.3) is 0 Å². The van der Waals surface area contributed by atoms with Gasteiger partial charge in [-0.25, -0.2) is 17.7 Å². The molecule has 5 nitrogen and oxygen atoms in total. The number of aromatic nitrogens is 2. The van der Waals surface area contributed by atoms with E-state index in [2.05, 4.69) is 42.7 Å². The maximum Gasteiger partial charge on any atom is 0.242 e. The molecule has 0 radical (unpaired) electrons. The molecule has 32 heavy (non-hydrogen) atoms. The van der Waals surface area contributed by atoms with E-state index in [1.165, 1.54) is 28.3 Å². The molecule has 0 amide bonds. The summed E-state index contributed by atoms with van der Waals surface area (Å²) >= 11 is 1.74. The third-order valence-corrected chi connectivity index (χ3v) is 9.18. The Morgan fingerprint density at radius 3 is 2.66 bits per heavy atom. The lowest BCUT2D eigenvalue weighted by Gasteiger charge is -2.18. The Kier molecular flexibility index (Phi) is 7.27. The number of hydrogen-bond donors (Lipinski definition) is 0. The number of imidazole rings is 1. The van der Waals surface area contributed by atoms with Gasteiger partial charge in [-0.3, -0.25) is 0 Å². The van der Waals surface area contributed by atoms with E-state index >= 15 is 0 Å². The van der Waals surface area contributed by atoms with Crippen LogP contribution in [0.4, 0.5) is 0 Å². The number of rotatable bonds is 9. The molecule has 3 aromatic rings. The summed E-state index contributed by atoms with van der Waals surface area (Å²) in [5.41, 5.74) is 4.35. The molecule has 0 spiro atoms. The molecule has 0 aliphatic heterocycles. The van der Waals surface area contributed by atoms with Crippen molar-refractivity contribution in [3.05, 3.63) is 53.6 Å². The lowest BCUT2D eigenvalue weighted by atomic mass is 10.2. The van der Waals surface area contributed by atoms with E-state index in [1.807, 2.05) is 6.07 Å². The molecule has 172 valence electrons. The van der Waals surface area contributed by atoms with Gasteiger partial charge in [0.05, 0.1) is 15.9 Å². The average Bonchev–Trinajstić information content (AvgIpc) is 3.42. The van der Waals surface area contributed by atoms with Gasteiger partial charge in [0, 0.05) is 25.4 Å². The second kappa shape index (κ2) is 9.98. The SMILES string of the molecule is CCCCN(C)S(=O)(=O)c1ccc2c(c1)nc(SCc1cccc(C)c1)n2C1CCCC1. The highest BCUT2D eigenvalue weighted by Crippen LogP contribution is 2.38. The van der Waals surface area contributed by atoms with E-state index < -0.39 is 10.0 Å². The number of hydrogen-bond acceptors (Lipinski definition) is 4. The Labute approximate surface area is 196 Å². The number of unbranched alkanes of at least 4 members (excludes halogenated alkanes) is 1. The molecule has 1 fully saturated rings. The van der Waals surface area contributed by atoms with Crippen LogP contribution in [-0.4, -0.2) is 35.9 Å². The summed E-state index contributed by atoms with van der Waals surface area (Å²) in [6.45, 7) is 4.71. The van der Waals surface area contributed by atoms with Crippen LogP contribution in [-0.2, 0) is 15.8 Å². The van der Waals surface area contributed by atoms with Crippen LogP contribution in [0.2, 0.25) is 0 Å². The van der Waals surface area contributed by atoms with Crippen LogP contribution in [0.15, 0.2) is 52.5 Å². The van der Waals surface area contributed by atoms with Crippen LogP contribution in [0.5, 0.6) is 0 Å². The van der Waals surface area contributed by atoms with Gasteiger partial charge in [0.1, 0.15) is 0 Å². The van der Waals surface area contributed by atoms with Crippen LogP contribution in [0.1, 0.15) is 62.6 Å². The first-order valence-corrected chi connectivity index (χ1v) is 14.0. The van der Waals surface area contributed by atoms with Crippen molar-refractivity contribution in [1.82, 2.24) is 13.9 Å². The number of thioether (sulfide) groups is 1. The Morgan fingerprint density at radius 1 is 1.16 bits per heavy atom. The van der Waals surface area contributed by atoms with Gasteiger partial charge in [-0.2, -0.15) is 0 Å². The van der Waals surface area contributed by atoms with E-state index in [-0.39, 0.29) is 0 Å². The zero-order valence-corrected chi connectivity index (χ0v) is 20.9. The van der Waals surface area contributed by atoms with Crippen LogP contribution in [0.3, 0.4) is 0 Å². The third-order valence-electron chi connectivity index (χ3n) is 6.30. The van der Waals surface area contributed by atoms with Crippen molar-refractivity contribution in [3.63, 3.8) is 0 Å². The summed E-state index contributed by atoms with van der Waals surface area (Å²) in [4.78, 5) is 5.26. The monoisotopic (exact) mass is 471 g/mol. The van der Waals surface area contributed by atoms with Gasteiger partial charge in [-0.1, -0.05) is 67.8 Å². The van der Waals surface area contributed by atoms with Crippen molar-refractivity contribution in [2.24, 2.45) is 0 Å². The molecule has 0 bridgehead atoms. The molecule has 0 atom stereocenters. The minimum absolute atomic E-state index is 0.329. The number of nitrogens with zero attached hydrogens (tertiary/aromatic N) is 3. The van der Waals surface area contributed by atoms with Gasteiger partial charge in [0.15, 0.2) is 5.16 Å². The smallest absolute Gasteiger partial charge is 0.242 e. The molecule has 1 saturated carbocycles. The zero-order chi connectivity index (χ0) is 22.7. The van der Waals surface area contributed by atoms with Gasteiger partial charge < -0.3 is 4.57 Å². The lowest BCUT2D eigenvalue weighted by Crippen LogP contribution is -2.27. The summed E-state index contributed by atoms with van der Waals surface area (Å²) in [7, 11) is -1.85. The number of sulfonamides is 1. The highest BCUT2D eigenvalue weighted by molar-refractivity contribution is 7.98. The fourth-order valence-electron chi connectivity index (χ4n) is 4.46. The van der Waals surface area contributed by atoms with Crippen molar-refractivity contribution in [2.45, 2.75) is 74.2 Å². The van der Waals surface area contributed by atoms with Gasteiger partial charge in [-0.15, -0.1) is 0 Å². The first-order valence-electron chi connectivity index (χ1n) is 11.6. The molecule has 0 N–H and O–H groups in total. The van der Waals surface area contributed by atoms with Gasteiger partial charge in [-0.05, 0) is 49.9 Å². The molecule has 0 saturated heterocycles. The van der Waals surface area contributed by atoms with Crippen LogP contribution >= 0.6 is 11.8 Å². The molecular formula is C25H33N3O2S2. The van der Waals surface area contributed by atoms with Gasteiger partial charge >= 0.3 is 0 Å². The van der Waals surface area contributed by atoms with Crippen LogP contribution in [0.25, 0.3) is 11.0 Å². The number of fused-ring (bicyclic) bond motifs is 1. The minimum atomic E-state index is -3.51. The van der Waals surface area contributed by atoms with E-state index in [4.69, 9.17) is 4.98 Å². The topological polar surface area (TPSA) is 55.2 Å². The van der Waals surface area contributed by atoms with Crippen LogP contribution in [0, 0.1) is 6.92 Å². The van der Waals surface area contributed by atoms with Crippen molar-refractivity contribution >= 4 is 32.8 Å². The molecule has 1 heterocycles. The third kappa shape index (κ3) is 4.90. The second-order valence-corrected chi connectivity index (χ2v) is 11.8. The fraction of sp³-hybridized carbons (Fsp3) is 0.480. The number of benzene rings is 2. The van der Waals surface area contributed by atoms with Gasteiger partial charge in [0.2, 0.25) is 10.0 Å². The predicted octanol–water partition coefficient (Wildman–Crippen LogP) is 6.17. The van der Waals surface area contributed by atoms with E-state index in [0.717, 1.165) is 47.6 Å². The molecule has 1 aliphatic carbocycles. The summed E-state index contributed by atoms with van der Waals surface area (Å²) in [6.07, 6.45) is 6.61. The molecule has 0 unspecified atom stereocenters. The van der Waals surface area contributed by atoms with E-state index in [0.29, 0.717) is 17.5 Å². The maximum atomic E-state index is 13.1. The van der Waals surface area contributed by atoms with Crippen molar-refractivity contribution in [1.29, 1.82) is 0 Å². The summed E-state index contributed by atoms with van der Waals surface area (Å²) in [6, 6.07) is 14.5. The standard InChI is InChI=1S/C25H33N3O2S2/c1-4-5-15-27(3)32(29,30)22-13-14-24-23(17-22)26-25(28(24)21-11-6-7-12-21)31-18-20-10-8-9-19(2)16-20/h8-10,13-14,16-17,21H,4-7,11-12,15,18H2,1-3H3. The fourth-order valence-corrected chi connectivity index (χ4v) is 6.72. The number of aryl methyl sites for hydroxylation is 1. The van der Waals surface area contributed by atoms with Crippen molar-refractivity contribution < 1.29 is 8.42 Å². The molecule has 2 aromatic carbocycles. The van der Waals surface area contributed by atoms with Crippen molar-refractivity contribution in [3.8, 4) is 0 Å². The Morgan fingerprint density at radius 2 is 1.94 bits per heavy atom. The molecule has 1 aromatic heterocycles. The second-order valence-electron chi connectivity index (χ2n) is 8.81. The maximum absolute atomic E-state index is 13.1. The molecular weight excluding hydrogens is 438 g/mol. The Balaban J connectivity index is 1.68. The molecule has 1 aliphatic rings. The normalized spacial score (nSPS) is 15.2. The predicted molar refractivity (Wildman–Crippen MR) is 133 cm³/mol. The summed E-state index contributed by atoms with van der Waals surface area (Å²) in [5, 5.41) is 0.988. The largest absolute Gasteiger partial charge is 0.316 e. The Bertz CT molecular complexity index is 1180.